The number of halogens is 1. The Morgan fingerprint density at radius 3 is 2.89 bits per heavy atom. The van der Waals surface area contributed by atoms with Gasteiger partial charge in [-0.2, -0.15) is 0 Å². The standard InChI is InChI=1S/C14H9BrN2O2/c15-10-4-1-3-9(7-10)13-16-12(14(18)17-13)8-11-5-2-6-19-11/h1-8H,(H,16,17,18). The molecule has 19 heavy (non-hydrogen) atoms. The van der Waals surface area contributed by atoms with Crippen LogP contribution in [0.1, 0.15) is 11.3 Å². The van der Waals surface area contributed by atoms with Crippen LogP contribution in [0.4, 0.5) is 0 Å². The third kappa shape index (κ3) is 2.51. The van der Waals surface area contributed by atoms with E-state index in [4.69, 9.17) is 4.42 Å². The molecule has 0 fully saturated rings. The average Bonchev–Trinajstić information content (AvgIpc) is 3.01. The number of hydrogen-bond acceptors (Lipinski definition) is 3. The highest BCUT2D eigenvalue weighted by Gasteiger charge is 2.21. The van der Waals surface area contributed by atoms with E-state index in [0.29, 0.717) is 17.3 Å². The predicted molar refractivity (Wildman–Crippen MR) is 75.5 cm³/mol. The number of rotatable bonds is 2. The quantitative estimate of drug-likeness (QED) is 0.866. The van der Waals surface area contributed by atoms with Gasteiger partial charge in [0.2, 0.25) is 0 Å². The fraction of sp³-hybridized carbons (Fsp3) is 0. The van der Waals surface area contributed by atoms with E-state index in [1.807, 2.05) is 24.3 Å². The molecule has 4 nitrogen and oxygen atoms in total. The highest BCUT2D eigenvalue weighted by Crippen LogP contribution is 2.17. The summed E-state index contributed by atoms with van der Waals surface area (Å²) in [6.07, 6.45) is 3.17. The molecular weight excluding hydrogens is 308 g/mol. The minimum atomic E-state index is -0.230. The Kier molecular flexibility index (Phi) is 3.05. The van der Waals surface area contributed by atoms with Crippen LogP contribution in [0.2, 0.25) is 0 Å². The lowest BCUT2D eigenvalue weighted by atomic mass is 10.2. The minimum Gasteiger partial charge on any atom is -0.465 e. The van der Waals surface area contributed by atoms with Crippen LogP contribution in [-0.4, -0.2) is 11.7 Å². The second-order valence-electron chi connectivity index (χ2n) is 3.97. The molecule has 0 saturated heterocycles. The van der Waals surface area contributed by atoms with Gasteiger partial charge in [0.05, 0.1) is 6.26 Å². The molecule has 5 heteroatoms. The number of aliphatic imine (C=N–C) groups is 1. The number of carbonyl (C=O) groups excluding carboxylic acids is 1. The number of nitrogens with zero attached hydrogens (tertiary/aromatic N) is 1. The van der Waals surface area contributed by atoms with Gasteiger partial charge >= 0.3 is 0 Å². The summed E-state index contributed by atoms with van der Waals surface area (Å²) in [4.78, 5) is 16.1. The van der Waals surface area contributed by atoms with Gasteiger partial charge in [0.25, 0.3) is 5.91 Å². The van der Waals surface area contributed by atoms with Crippen molar-refractivity contribution in [1.29, 1.82) is 0 Å². The second-order valence-corrected chi connectivity index (χ2v) is 4.89. The topological polar surface area (TPSA) is 54.6 Å². The number of amidine groups is 1. The number of furan rings is 1. The summed E-state index contributed by atoms with van der Waals surface area (Å²) in [6.45, 7) is 0. The highest BCUT2D eigenvalue weighted by molar-refractivity contribution is 9.10. The molecule has 2 aromatic rings. The van der Waals surface area contributed by atoms with Gasteiger partial charge in [0.1, 0.15) is 17.3 Å². The van der Waals surface area contributed by atoms with Crippen LogP contribution in [-0.2, 0) is 4.79 Å². The Balaban J connectivity index is 1.95. The Hall–Kier alpha value is -2.14. The van der Waals surface area contributed by atoms with Crippen molar-refractivity contribution in [3.05, 3.63) is 64.2 Å². The minimum absolute atomic E-state index is 0.230. The molecule has 3 rings (SSSR count). The SMILES string of the molecule is O=C1NC(c2cccc(Br)c2)=NC1=Cc1ccco1. The first-order chi connectivity index (χ1) is 9.22. The fourth-order valence-corrected chi connectivity index (χ4v) is 2.15. The molecule has 1 aromatic carbocycles. The molecule has 1 amide bonds. The molecule has 0 spiro atoms. The Morgan fingerprint density at radius 1 is 1.26 bits per heavy atom. The van der Waals surface area contributed by atoms with Crippen LogP contribution in [0.15, 0.2) is 62.2 Å². The van der Waals surface area contributed by atoms with Crippen molar-refractivity contribution in [1.82, 2.24) is 5.32 Å². The monoisotopic (exact) mass is 316 g/mol. The van der Waals surface area contributed by atoms with Crippen molar-refractivity contribution < 1.29 is 9.21 Å². The summed E-state index contributed by atoms with van der Waals surface area (Å²) in [7, 11) is 0. The second kappa shape index (κ2) is 4.85. The summed E-state index contributed by atoms with van der Waals surface area (Å²) in [6, 6.07) is 11.1. The lowest BCUT2D eigenvalue weighted by Gasteiger charge is -2.00. The maximum atomic E-state index is 11.8. The fourth-order valence-electron chi connectivity index (χ4n) is 1.75. The van der Waals surface area contributed by atoms with Crippen LogP contribution >= 0.6 is 15.9 Å². The van der Waals surface area contributed by atoms with E-state index in [0.717, 1.165) is 10.0 Å². The third-order valence-corrected chi connectivity index (χ3v) is 3.11. The van der Waals surface area contributed by atoms with E-state index in [9.17, 15) is 4.79 Å². The number of carbonyl (C=O) groups is 1. The van der Waals surface area contributed by atoms with Crippen LogP contribution in [0.25, 0.3) is 6.08 Å². The summed E-state index contributed by atoms with van der Waals surface area (Å²) in [5.41, 5.74) is 1.19. The smallest absolute Gasteiger partial charge is 0.275 e. The number of amides is 1. The number of nitrogens with one attached hydrogen (secondary N) is 1. The van der Waals surface area contributed by atoms with Crippen molar-refractivity contribution in [3.63, 3.8) is 0 Å². The molecule has 1 N–H and O–H groups in total. The van der Waals surface area contributed by atoms with Crippen LogP contribution in [0.5, 0.6) is 0 Å². The van der Waals surface area contributed by atoms with E-state index in [-0.39, 0.29) is 5.91 Å². The van der Waals surface area contributed by atoms with Crippen LogP contribution in [0, 0.1) is 0 Å². The zero-order valence-electron chi connectivity index (χ0n) is 9.76. The zero-order valence-corrected chi connectivity index (χ0v) is 11.3. The lowest BCUT2D eigenvalue weighted by Crippen LogP contribution is -2.24. The molecule has 1 aliphatic rings. The zero-order chi connectivity index (χ0) is 13.2. The van der Waals surface area contributed by atoms with E-state index in [1.165, 1.54) is 0 Å². The third-order valence-electron chi connectivity index (χ3n) is 2.62. The van der Waals surface area contributed by atoms with Crippen molar-refractivity contribution >= 4 is 33.7 Å². The summed E-state index contributed by atoms with van der Waals surface area (Å²) in [5, 5.41) is 2.74. The van der Waals surface area contributed by atoms with E-state index >= 15 is 0 Å². The van der Waals surface area contributed by atoms with Gasteiger partial charge in [0.15, 0.2) is 0 Å². The van der Waals surface area contributed by atoms with Gasteiger partial charge in [-0.1, -0.05) is 28.1 Å². The van der Waals surface area contributed by atoms with Gasteiger partial charge in [-0.05, 0) is 24.3 Å². The maximum Gasteiger partial charge on any atom is 0.275 e. The summed E-state index contributed by atoms with van der Waals surface area (Å²) < 4.78 is 6.11. The van der Waals surface area contributed by atoms with Crippen molar-refractivity contribution in [2.45, 2.75) is 0 Å². The molecule has 1 aliphatic heterocycles. The van der Waals surface area contributed by atoms with E-state index in [2.05, 4.69) is 26.2 Å². The number of benzene rings is 1. The van der Waals surface area contributed by atoms with Gasteiger partial charge < -0.3 is 9.73 Å². The highest BCUT2D eigenvalue weighted by atomic mass is 79.9. The number of hydrogen-bond donors (Lipinski definition) is 1. The molecule has 1 aromatic heterocycles. The average molecular weight is 317 g/mol. The predicted octanol–water partition coefficient (Wildman–Crippen LogP) is 2.96. The first kappa shape index (κ1) is 11.9. The maximum absolute atomic E-state index is 11.8. The van der Waals surface area contributed by atoms with Gasteiger partial charge in [-0.25, -0.2) is 4.99 Å². The van der Waals surface area contributed by atoms with Crippen LogP contribution in [0.3, 0.4) is 0 Å². The lowest BCUT2D eigenvalue weighted by molar-refractivity contribution is -0.115. The molecule has 0 unspecified atom stereocenters. The molecule has 0 saturated carbocycles. The Morgan fingerprint density at radius 2 is 2.16 bits per heavy atom. The van der Waals surface area contributed by atoms with Gasteiger partial charge in [-0.3, -0.25) is 4.79 Å². The summed E-state index contributed by atoms with van der Waals surface area (Å²) >= 11 is 3.39. The van der Waals surface area contributed by atoms with E-state index < -0.39 is 0 Å². The molecule has 0 radical (unpaired) electrons. The normalized spacial score (nSPS) is 16.6. The molecule has 0 aliphatic carbocycles. The molecule has 2 heterocycles. The van der Waals surface area contributed by atoms with Crippen molar-refractivity contribution in [2.75, 3.05) is 0 Å². The molecule has 94 valence electrons. The van der Waals surface area contributed by atoms with Crippen molar-refractivity contribution in [2.24, 2.45) is 4.99 Å². The first-order valence-electron chi connectivity index (χ1n) is 5.63. The molecule has 0 atom stereocenters. The van der Waals surface area contributed by atoms with Crippen molar-refractivity contribution in [3.8, 4) is 0 Å². The summed E-state index contributed by atoms with van der Waals surface area (Å²) in [5.74, 6) is 0.917. The molecule has 0 bridgehead atoms. The van der Waals surface area contributed by atoms with E-state index in [1.54, 1.807) is 24.5 Å². The largest absolute Gasteiger partial charge is 0.465 e. The molecular formula is C14H9BrN2O2. The van der Waals surface area contributed by atoms with Crippen LogP contribution < -0.4 is 5.32 Å². The van der Waals surface area contributed by atoms with Gasteiger partial charge in [-0.15, -0.1) is 0 Å². The first-order valence-corrected chi connectivity index (χ1v) is 6.43. The Bertz CT molecular complexity index is 687. The van der Waals surface area contributed by atoms with Gasteiger partial charge in [0, 0.05) is 16.1 Å². The Labute approximate surface area is 118 Å².